The van der Waals surface area contributed by atoms with Crippen molar-refractivity contribution in [1.82, 2.24) is 0 Å². The Morgan fingerprint density at radius 2 is 0.537 bits per heavy atom. The van der Waals surface area contributed by atoms with Gasteiger partial charge in [-0.05, 0) is 103 Å². The highest BCUT2D eigenvalue weighted by atomic mass is 16.6. The van der Waals surface area contributed by atoms with Gasteiger partial charge in [-0.25, -0.2) is 0 Å². The maximum Gasteiger partial charge on any atom is 0.306 e. The maximum atomic E-state index is 12.8. The molecule has 0 spiro atoms. The summed E-state index contributed by atoms with van der Waals surface area (Å²) in [4.78, 5) is 38.2. The molecule has 0 aliphatic carbocycles. The van der Waals surface area contributed by atoms with Crippen LogP contribution in [0.3, 0.4) is 0 Å². The molecule has 6 nitrogen and oxygen atoms in total. The molecule has 1 unspecified atom stereocenters. The molecular weight excluding hydrogens is 829 g/mol. The molecule has 67 heavy (non-hydrogen) atoms. The predicted molar refractivity (Wildman–Crippen MR) is 289 cm³/mol. The number of esters is 3. The number of rotatable bonds is 53. The summed E-state index contributed by atoms with van der Waals surface area (Å²) in [7, 11) is 0. The molecule has 0 rings (SSSR count). The first-order valence-electron chi connectivity index (χ1n) is 29.1. The van der Waals surface area contributed by atoms with Gasteiger partial charge in [-0.3, -0.25) is 14.4 Å². The van der Waals surface area contributed by atoms with Gasteiger partial charge in [0.15, 0.2) is 6.10 Å². The van der Waals surface area contributed by atoms with Gasteiger partial charge in [0.2, 0.25) is 0 Å². The fourth-order valence-electron chi connectivity index (χ4n) is 8.35. The van der Waals surface area contributed by atoms with Crippen molar-refractivity contribution in [2.24, 2.45) is 0 Å². The summed E-state index contributed by atoms with van der Waals surface area (Å²) in [6.07, 6.45) is 68.1. The first kappa shape index (κ1) is 64.4. The number of carbonyl (C=O) groups is 3. The first-order chi connectivity index (χ1) is 33.0. The van der Waals surface area contributed by atoms with Gasteiger partial charge in [-0.15, -0.1) is 0 Å². The molecular formula is C61H110O6. The molecule has 6 heteroatoms. The maximum absolute atomic E-state index is 12.8. The van der Waals surface area contributed by atoms with E-state index in [0.29, 0.717) is 19.3 Å². The van der Waals surface area contributed by atoms with E-state index in [1.165, 1.54) is 173 Å². The summed E-state index contributed by atoms with van der Waals surface area (Å²) in [5.74, 6) is -0.895. The molecule has 0 N–H and O–H groups in total. The second-order valence-electron chi connectivity index (χ2n) is 19.5. The van der Waals surface area contributed by atoms with Crippen LogP contribution in [0.25, 0.3) is 0 Å². The quantitative estimate of drug-likeness (QED) is 0.0262. The van der Waals surface area contributed by atoms with Crippen LogP contribution in [0.5, 0.6) is 0 Å². The molecule has 0 heterocycles. The van der Waals surface area contributed by atoms with Gasteiger partial charge >= 0.3 is 17.9 Å². The predicted octanol–water partition coefficient (Wildman–Crippen LogP) is 19.4. The summed E-state index contributed by atoms with van der Waals surface area (Å²) < 4.78 is 16.9. The number of carbonyl (C=O) groups excluding carboxylic acids is 3. The van der Waals surface area contributed by atoms with E-state index >= 15 is 0 Å². The van der Waals surface area contributed by atoms with Gasteiger partial charge in [-0.1, -0.05) is 230 Å². The highest BCUT2D eigenvalue weighted by Crippen LogP contribution is 2.15. The summed E-state index contributed by atoms with van der Waals surface area (Å²) in [6, 6.07) is 0. The summed E-state index contributed by atoms with van der Waals surface area (Å²) in [6.45, 7) is 6.62. The molecule has 390 valence electrons. The van der Waals surface area contributed by atoms with Crippen molar-refractivity contribution in [2.45, 2.75) is 309 Å². The molecule has 0 aliphatic heterocycles. The molecule has 1 atom stereocenters. The molecule has 0 saturated carbocycles. The lowest BCUT2D eigenvalue weighted by atomic mass is 10.1. The van der Waals surface area contributed by atoms with Crippen LogP contribution >= 0.6 is 0 Å². The summed E-state index contributed by atoms with van der Waals surface area (Å²) in [5.41, 5.74) is 0. The molecule has 0 aliphatic rings. The van der Waals surface area contributed by atoms with Crippen molar-refractivity contribution in [3.8, 4) is 0 Å². The third kappa shape index (κ3) is 54.2. The van der Waals surface area contributed by atoms with Crippen LogP contribution in [0, 0.1) is 0 Å². The van der Waals surface area contributed by atoms with Crippen LogP contribution in [0.15, 0.2) is 48.6 Å². The Balaban J connectivity index is 4.40. The largest absolute Gasteiger partial charge is 0.462 e. The molecule has 0 radical (unpaired) electrons. The van der Waals surface area contributed by atoms with Crippen molar-refractivity contribution >= 4 is 17.9 Å². The standard InChI is InChI=1S/C61H110O6/c1-4-7-10-13-16-19-22-25-28-31-34-36-39-42-45-48-51-54-60(63)66-57-58(67-61(64)55-52-49-46-43-40-37-33-30-27-24-21-18-15-12-9-6-3)56-65-59(62)53-50-47-44-41-38-35-32-29-26-23-20-17-14-11-8-5-2/h21,24-25,28-30,32-33,58H,4-20,22-23,26-27,31,34-57H2,1-3H3/b24-21-,28-25-,32-29-,33-30-. The van der Waals surface area contributed by atoms with Crippen LogP contribution in [-0.2, 0) is 28.6 Å². The van der Waals surface area contributed by atoms with Gasteiger partial charge in [0.1, 0.15) is 13.2 Å². The van der Waals surface area contributed by atoms with E-state index in [2.05, 4.69) is 69.4 Å². The monoisotopic (exact) mass is 939 g/mol. The number of hydrogen-bond acceptors (Lipinski definition) is 6. The fourth-order valence-corrected chi connectivity index (χ4v) is 8.35. The zero-order valence-electron chi connectivity index (χ0n) is 44.7. The zero-order chi connectivity index (χ0) is 48.6. The van der Waals surface area contributed by atoms with E-state index in [1.54, 1.807) is 0 Å². The Morgan fingerprint density at radius 3 is 0.851 bits per heavy atom. The minimum absolute atomic E-state index is 0.0823. The van der Waals surface area contributed by atoms with Crippen molar-refractivity contribution in [1.29, 1.82) is 0 Å². The Labute approximate surface area is 416 Å². The Morgan fingerprint density at radius 1 is 0.299 bits per heavy atom. The lowest BCUT2D eigenvalue weighted by Gasteiger charge is -2.18. The Bertz CT molecular complexity index is 1170. The first-order valence-corrected chi connectivity index (χ1v) is 29.1. The summed E-state index contributed by atoms with van der Waals surface area (Å²) in [5, 5.41) is 0. The average molecular weight is 940 g/mol. The number of ether oxygens (including phenoxy) is 3. The third-order valence-electron chi connectivity index (χ3n) is 12.8. The van der Waals surface area contributed by atoms with Gasteiger partial charge in [0, 0.05) is 19.3 Å². The van der Waals surface area contributed by atoms with Crippen molar-refractivity contribution in [3.05, 3.63) is 48.6 Å². The Kier molecular flexibility index (Phi) is 53.8. The highest BCUT2D eigenvalue weighted by molar-refractivity contribution is 5.71. The van der Waals surface area contributed by atoms with Gasteiger partial charge in [-0.2, -0.15) is 0 Å². The SMILES string of the molecule is CCCCCC/C=C\C/C=C\CCCCCCCC(=O)OC(COC(=O)CCCCCCC/C=C\CCCCCCCCC)COC(=O)CCCCCCCCC/C=C\CCCCCCCC. The molecule has 0 aromatic rings. The van der Waals surface area contributed by atoms with Gasteiger partial charge < -0.3 is 14.2 Å². The second kappa shape index (κ2) is 56.0. The lowest BCUT2D eigenvalue weighted by molar-refractivity contribution is -0.167. The normalized spacial score (nSPS) is 12.3. The topological polar surface area (TPSA) is 78.9 Å². The van der Waals surface area contributed by atoms with Crippen LogP contribution in [0.4, 0.5) is 0 Å². The van der Waals surface area contributed by atoms with E-state index in [4.69, 9.17) is 14.2 Å². The van der Waals surface area contributed by atoms with E-state index in [-0.39, 0.29) is 31.1 Å². The Hall–Kier alpha value is -2.63. The third-order valence-corrected chi connectivity index (χ3v) is 12.8. The molecule has 0 amide bonds. The second-order valence-corrected chi connectivity index (χ2v) is 19.5. The molecule has 0 aromatic carbocycles. The minimum atomic E-state index is -0.785. The highest BCUT2D eigenvalue weighted by Gasteiger charge is 2.19. The number of unbranched alkanes of at least 4 members (excludes halogenated alkanes) is 34. The summed E-state index contributed by atoms with van der Waals surface area (Å²) >= 11 is 0. The molecule has 0 fully saturated rings. The average Bonchev–Trinajstić information content (AvgIpc) is 3.33. The van der Waals surface area contributed by atoms with Gasteiger partial charge in [0.05, 0.1) is 0 Å². The van der Waals surface area contributed by atoms with Crippen molar-refractivity contribution < 1.29 is 28.6 Å². The number of allylic oxidation sites excluding steroid dienone is 8. The lowest BCUT2D eigenvalue weighted by Crippen LogP contribution is -2.30. The van der Waals surface area contributed by atoms with E-state index < -0.39 is 6.10 Å². The van der Waals surface area contributed by atoms with Crippen molar-refractivity contribution in [2.75, 3.05) is 13.2 Å². The van der Waals surface area contributed by atoms with E-state index in [1.807, 2.05) is 0 Å². The number of hydrogen-bond donors (Lipinski definition) is 0. The molecule has 0 bridgehead atoms. The van der Waals surface area contributed by atoms with Gasteiger partial charge in [0.25, 0.3) is 0 Å². The van der Waals surface area contributed by atoms with E-state index in [0.717, 1.165) is 89.9 Å². The minimum Gasteiger partial charge on any atom is -0.462 e. The van der Waals surface area contributed by atoms with Crippen LogP contribution in [-0.4, -0.2) is 37.2 Å². The van der Waals surface area contributed by atoms with Crippen LogP contribution < -0.4 is 0 Å². The molecule has 0 aromatic heterocycles. The fraction of sp³-hybridized carbons (Fsp3) is 0.820. The molecule has 0 saturated heterocycles. The zero-order valence-corrected chi connectivity index (χ0v) is 44.7. The van der Waals surface area contributed by atoms with Crippen LogP contribution in [0.1, 0.15) is 303 Å². The van der Waals surface area contributed by atoms with Crippen molar-refractivity contribution in [3.63, 3.8) is 0 Å². The van der Waals surface area contributed by atoms with Crippen LogP contribution in [0.2, 0.25) is 0 Å². The van der Waals surface area contributed by atoms with E-state index in [9.17, 15) is 14.4 Å². The smallest absolute Gasteiger partial charge is 0.306 e.